The molecule has 0 saturated carbocycles. The molecule has 1 aromatic rings. The van der Waals surface area contributed by atoms with E-state index in [4.69, 9.17) is 0 Å². The average molecular weight is 315 g/mol. The summed E-state index contributed by atoms with van der Waals surface area (Å²) in [4.78, 5) is 4.03. The monoisotopic (exact) mass is 313 g/mol. The van der Waals surface area contributed by atoms with Gasteiger partial charge in [-0.05, 0) is 31.9 Å². The van der Waals surface area contributed by atoms with Crippen LogP contribution in [0.1, 0.15) is 0 Å². The molecule has 0 aromatic carbocycles. The van der Waals surface area contributed by atoms with Gasteiger partial charge in [0.25, 0.3) is 0 Å². The van der Waals surface area contributed by atoms with Crippen LogP contribution in [0.2, 0.25) is 0 Å². The van der Waals surface area contributed by atoms with E-state index in [1.807, 2.05) is 0 Å². The van der Waals surface area contributed by atoms with E-state index < -0.39 is 9.84 Å². The van der Waals surface area contributed by atoms with E-state index in [-0.39, 0.29) is 4.90 Å². The first-order chi connectivity index (χ1) is 5.43. The third kappa shape index (κ3) is 2.05. The molecule has 0 saturated heterocycles. The number of aromatic nitrogens is 1. The van der Waals surface area contributed by atoms with Gasteiger partial charge in [-0.1, -0.05) is 0 Å². The number of hydrogen-bond acceptors (Lipinski definition) is 3. The summed E-state index contributed by atoms with van der Waals surface area (Å²) in [6.07, 6.45) is 4.04. The number of nitrogens with zero attached hydrogens (tertiary/aromatic N) is 1. The molecule has 0 aliphatic carbocycles. The second kappa shape index (κ2) is 3.43. The Balaban J connectivity index is 3.53. The van der Waals surface area contributed by atoms with E-state index in [1.54, 1.807) is 0 Å². The minimum absolute atomic E-state index is 0.234. The van der Waals surface area contributed by atoms with Gasteiger partial charge in [0.2, 0.25) is 0 Å². The third-order valence-electron chi connectivity index (χ3n) is 1.18. The van der Waals surface area contributed by atoms with Crippen LogP contribution in [0.25, 0.3) is 0 Å². The lowest BCUT2D eigenvalue weighted by atomic mass is 10.5. The smallest absolute Gasteiger partial charge is 0.177 e. The zero-order valence-electron chi connectivity index (χ0n) is 6.08. The fourth-order valence-electron chi connectivity index (χ4n) is 0.754. The predicted octanol–water partition coefficient (Wildman–Crippen LogP) is 2.01. The third-order valence-corrected chi connectivity index (χ3v) is 4.09. The highest BCUT2D eigenvalue weighted by Crippen LogP contribution is 2.27. The number of sulfone groups is 1. The van der Waals surface area contributed by atoms with Crippen molar-refractivity contribution >= 4 is 41.7 Å². The lowest BCUT2D eigenvalue weighted by molar-refractivity contribution is 0.600. The van der Waals surface area contributed by atoms with Crippen molar-refractivity contribution < 1.29 is 8.42 Å². The molecule has 0 unspecified atom stereocenters. The lowest BCUT2D eigenvalue weighted by Gasteiger charge is -2.02. The van der Waals surface area contributed by atoms with Crippen LogP contribution in [0.4, 0.5) is 0 Å². The van der Waals surface area contributed by atoms with Crippen molar-refractivity contribution in [3.63, 3.8) is 0 Å². The van der Waals surface area contributed by atoms with Crippen molar-refractivity contribution in [3.8, 4) is 0 Å². The Morgan fingerprint density at radius 1 is 1.25 bits per heavy atom. The van der Waals surface area contributed by atoms with Gasteiger partial charge in [0.15, 0.2) is 9.84 Å². The standard InChI is InChI=1S/C6H5Br2NO2S/c1-12(10,11)6-4(7)2-9-3-5(6)8/h2-3H,1H3. The summed E-state index contributed by atoms with van der Waals surface area (Å²) in [5.74, 6) is 0. The Morgan fingerprint density at radius 2 is 1.67 bits per heavy atom. The second-order valence-corrected chi connectivity index (χ2v) is 5.87. The van der Waals surface area contributed by atoms with Crippen LogP contribution in [-0.4, -0.2) is 19.7 Å². The summed E-state index contributed by atoms with van der Waals surface area (Å²) in [6.45, 7) is 0. The first-order valence-corrected chi connectivity index (χ1v) is 6.39. The Bertz CT molecular complexity index is 382. The molecule has 0 amide bonds. The largest absolute Gasteiger partial charge is 0.262 e. The summed E-state index contributed by atoms with van der Waals surface area (Å²) in [6, 6.07) is 0. The highest BCUT2D eigenvalue weighted by molar-refractivity contribution is 9.11. The van der Waals surface area contributed by atoms with Crippen LogP contribution in [0.15, 0.2) is 26.2 Å². The molecule has 1 rings (SSSR count). The Labute approximate surface area is 87.4 Å². The maximum Gasteiger partial charge on any atom is 0.177 e. The molecule has 0 radical (unpaired) electrons. The molecule has 12 heavy (non-hydrogen) atoms. The van der Waals surface area contributed by atoms with E-state index in [0.717, 1.165) is 6.26 Å². The Kier molecular flexibility index (Phi) is 2.90. The molecule has 0 N–H and O–H groups in total. The van der Waals surface area contributed by atoms with Gasteiger partial charge in [0.1, 0.15) is 0 Å². The molecule has 66 valence electrons. The first kappa shape index (κ1) is 10.1. The first-order valence-electron chi connectivity index (χ1n) is 2.92. The molecular formula is C6H5Br2NO2S. The number of halogens is 2. The topological polar surface area (TPSA) is 47.0 Å². The van der Waals surface area contributed by atoms with Gasteiger partial charge in [-0.15, -0.1) is 0 Å². The van der Waals surface area contributed by atoms with Crippen molar-refractivity contribution in [1.29, 1.82) is 0 Å². The fraction of sp³-hybridized carbons (Fsp3) is 0.167. The summed E-state index contributed by atoms with van der Waals surface area (Å²) in [5.41, 5.74) is 0. The number of rotatable bonds is 1. The number of hydrogen-bond donors (Lipinski definition) is 0. The van der Waals surface area contributed by atoms with E-state index in [2.05, 4.69) is 36.8 Å². The van der Waals surface area contributed by atoms with Crippen molar-refractivity contribution in [2.24, 2.45) is 0 Å². The zero-order valence-corrected chi connectivity index (χ0v) is 10.1. The predicted molar refractivity (Wildman–Crippen MR) is 52.7 cm³/mol. The highest BCUT2D eigenvalue weighted by Gasteiger charge is 2.15. The normalized spacial score (nSPS) is 11.6. The molecule has 1 aromatic heterocycles. The van der Waals surface area contributed by atoms with Crippen LogP contribution < -0.4 is 0 Å². The summed E-state index contributed by atoms with van der Waals surface area (Å²) in [5, 5.41) is 0. The summed E-state index contributed by atoms with van der Waals surface area (Å²) < 4.78 is 23.3. The van der Waals surface area contributed by atoms with Gasteiger partial charge in [-0.25, -0.2) is 8.42 Å². The minimum atomic E-state index is -3.20. The fourth-order valence-corrected chi connectivity index (χ4v) is 4.26. The van der Waals surface area contributed by atoms with Crippen LogP contribution >= 0.6 is 31.9 Å². The lowest BCUT2D eigenvalue weighted by Crippen LogP contribution is -1.99. The van der Waals surface area contributed by atoms with Crippen LogP contribution in [0, 0.1) is 0 Å². The van der Waals surface area contributed by atoms with Crippen molar-refractivity contribution in [1.82, 2.24) is 4.98 Å². The summed E-state index contributed by atoms with van der Waals surface area (Å²) >= 11 is 6.22. The van der Waals surface area contributed by atoms with Crippen LogP contribution in [0.5, 0.6) is 0 Å². The van der Waals surface area contributed by atoms with Gasteiger partial charge in [0.05, 0.1) is 13.8 Å². The molecular weight excluding hydrogens is 310 g/mol. The minimum Gasteiger partial charge on any atom is -0.262 e. The van der Waals surface area contributed by atoms with Crippen molar-refractivity contribution in [3.05, 3.63) is 21.3 Å². The summed E-state index contributed by atoms with van der Waals surface area (Å²) in [7, 11) is -3.20. The molecule has 6 heteroatoms. The molecule has 0 atom stereocenters. The van der Waals surface area contributed by atoms with Crippen LogP contribution in [0.3, 0.4) is 0 Å². The van der Waals surface area contributed by atoms with Gasteiger partial charge < -0.3 is 0 Å². The molecule has 0 bridgehead atoms. The van der Waals surface area contributed by atoms with Gasteiger partial charge in [0, 0.05) is 18.6 Å². The molecule has 0 spiro atoms. The van der Waals surface area contributed by atoms with E-state index in [9.17, 15) is 8.42 Å². The molecule has 0 aliphatic rings. The quantitative estimate of drug-likeness (QED) is 0.796. The molecule has 0 aliphatic heterocycles. The Hall–Kier alpha value is 0.0600. The Morgan fingerprint density at radius 3 is 1.92 bits per heavy atom. The van der Waals surface area contributed by atoms with Crippen molar-refractivity contribution in [2.45, 2.75) is 4.90 Å². The van der Waals surface area contributed by atoms with E-state index >= 15 is 0 Å². The molecule has 0 fully saturated rings. The maximum atomic E-state index is 11.2. The SMILES string of the molecule is CS(=O)(=O)c1c(Br)cncc1Br. The average Bonchev–Trinajstić information content (AvgIpc) is 1.82. The van der Waals surface area contributed by atoms with Gasteiger partial charge in [-0.3, -0.25) is 4.98 Å². The molecule has 1 heterocycles. The van der Waals surface area contributed by atoms with Crippen molar-refractivity contribution in [2.75, 3.05) is 6.26 Å². The highest BCUT2D eigenvalue weighted by atomic mass is 79.9. The van der Waals surface area contributed by atoms with E-state index in [1.165, 1.54) is 12.4 Å². The molecule has 3 nitrogen and oxygen atoms in total. The van der Waals surface area contributed by atoms with E-state index in [0.29, 0.717) is 8.95 Å². The van der Waals surface area contributed by atoms with Gasteiger partial charge >= 0.3 is 0 Å². The van der Waals surface area contributed by atoms with Gasteiger partial charge in [-0.2, -0.15) is 0 Å². The zero-order chi connectivity index (χ0) is 9.35. The van der Waals surface area contributed by atoms with Crippen LogP contribution in [-0.2, 0) is 9.84 Å². The number of pyridine rings is 1. The second-order valence-electron chi connectivity index (χ2n) is 2.20. The maximum absolute atomic E-state index is 11.2.